The number of likely N-dealkylation sites (tertiary alicyclic amines) is 1. The van der Waals surface area contributed by atoms with Crippen molar-refractivity contribution in [3.8, 4) is 11.1 Å². The van der Waals surface area contributed by atoms with Gasteiger partial charge in [0, 0.05) is 19.0 Å². The maximum atomic E-state index is 13.4. The molecule has 0 aromatic heterocycles. The highest BCUT2D eigenvalue weighted by atomic mass is 16.5. The van der Waals surface area contributed by atoms with Gasteiger partial charge in [-0.3, -0.25) is 9.59 Å². The molecule has 0 radical (unpaired) electrons. The molecule has 1 heterocycles. The number of hydrogen-bond acceptors (Lipinski definition) is 4. The van der Waals surface area contributed by atoms with Gasteiger partial charge in [-0.2, -0.15) is 0 Å². The highest BCUT2D eigenvalue weighted by Crippen LogP contribution is 2.44. The summed E-state index contributed by atoms with van der Waals surface area (Å²) in [4.78, 5) is 39.4. The van der Waals surface area contributed by atoms with Gasteiger partial charge in [0.1, 0.15) is 12.6 Å². The smallest absolute Gasteiger partial charge is 0.407 e. The number of nitrogens with one attached hydrogen (secondary N) is 1. The molecule has 2 aromatic carbocycles. The molecule has 1 aliphatic heterocycles. The van der Waals surface area contributed by atoms with Crippen molar-refractivity contribution in [3.63, 3.8) is 0 Å². The standard InChI is InChI=1S/C28H32N2O5/c1-17-12-19(27(32)33)15-30(14-17)26(31)25(13-18-10-11-18)29-28(34)35-16-24-22-8-4-2-6-20(22)21-7-3-5-9-23(21)24/h2-9,17-19,24-25H,10-16H2,1H3,(H,29,34)(H,32,33)/t17?,19?,25-/m0/s1. The first-order valence-electron chi connectivity index (χ1n) is 12.5. The van der Waals surface area contributed by atoms with Crippen molar-refractivity contribution in [2.75, 3.05) is 19.7 Å². The summed E-state index contributed by atoms with van der Waals surface area (Å²) in [6.07, 6.45) is 2.61. The molecule has 3 atom stereocenters. The second-order valence-electron chi connectivity index (χ2n) is 10.3. The van der Waals surface area contributed by atoms with Crippen molar-refractivity contribution in [3.05, 3.63) is 59.7 Å². The third-order valence-corrected chi connectivity index (χ3v) is 7.52. The number of fused-ring (bicyclic) bond motifs is 3. The molecule has 2 aromatic rings. The van der Waals surface area contributed by atoms with E-state index in [0.717, 1.165) is 35.1 Å². The van der Waals surface area contributed by atoms with Crippen LogP contribution in [0.2, 0.25) is 0 Å². The topological polar surface area (TPSA) is 95.9 Å². The molecule has 2 aliphatic carbocycles. The van der Waals surface area contributed by atoms with Crippen molar-refractivity contribution < 1.29 is 24.2 Å². The number of ether oxygens (including phenoxy) is 1. The van der Waals surface area contributed by atoms with Crippen LogP contribution in [0.4, 0.5) is 4.79 Å². The number of amides is 2. The highest BCUT2D eigenvalue weighted by Gasteiger charge is 2.38. The second kappa shape index (κ2) is 9.72. The Hall–Kier alpha value is -3.35. The van der Waals surface area contributed by atoms with E-state index in [2.05, 4.69) is 29.6 Å². The molecule has 1 saturated carbocycles. The number of carboxylic acid groups (broad SMARTS) is 1. The van der Waals surface area contributed by atoms with Crippen LogP contribution < -0.4 is 5.32 Å². The third-order valence-electron chi connectivity index (χ3n) is 7.52. The zero-order valence-electron chi connectivity index (χ0n) is 20.0. The Morgan fingerprint density at radius 2 is 1.66 bits per heavy atom. The number of alkyl carbamates (subject to hydrolysis) is 1. The SMILES string of the molecule is CC1CC(C(=O)O)CN(C(=O)[C@H](CC2CC2)NC(=O)OCC2c3ccccc3-c3ccccc32)C1. The molecule has 2 fully saturated rings. The van der Waals surface area contributed by atoms with Gasteiger partial charge >= 0.3 is 12.1 Å². The average molecular weight is 477 g/mol. The fraction of sp³-hybridized carbons (Fsp3) is 0.464. The van der Waals surface area contributed by atoms with E-state index >= 15 is 0 Å². The molecule has 0 bridgehead atoms. The molecule has 5 rings (SSSR count). The van der Waals surface area contributed by atoms with Crippen LogP contribution in [0.25, 0.3) is 11.1 Å². The molecule has 35 heavy (non-hydrogen) atoms. The van der Waals surface area contributed by atoms with Crippen LogP contribution in [-0.2, 0) is 14.3 Å². The van der Waals surface area contributed by atoms with E-state index in [1.54, 1.807) is 4.90 Å². The van der Waals surface area contributed by atoms with Gasteiger partial charge < -0.3 is 20.1 Å². The van der Waals surface area contributed by atoms with Crippen LogP contribution in [0.1, 0.15) is 49.7 Å². The van der Waals surface area contributed by atoms with Gasteiger partial charge in [0.25, 0.3) is 0 Å². The van der Waals surface area contributed by atoms with Gasteiger partial charge in [0.05, 0.1) is 5.92 Å². The first kappa shape index (κ1) is 23.4. The lowest BCUT2D eigenvalue weighted by atomic mass is 9.90. The first-order valence-corrected chi connectivity index (χ1v) is 12.5. The summed E-state index contributed by atoms with van der Waals surface area (Å²) in [6, 6.07) is 15.6. The van der Waals surface area contributed by atoms with E-state index in [4.69, 9.17) is 4.74 Å². The van der Waals surface area contributed by atoms with Crippen molar-refractivity contribution >= 4 is 18.0 Å². The summed E-state index contributed by atoms with van der Waals surface area (Å²) in [5, 5.41) is 12.3. The first-order chi connectivity index (χ1) is 16.9. The maximum absolute atomic E-state index is 13.4. The van der Waals surface area contributed by atoms with Crippen LogP contribution >= 0.6 is 0 Å². The van der Waals surface area contributed by atoms with Crippen molar-refractivity contribution in [1.82, 2.24) is 10.2 Å². The molecule has 2 unspecified atom stereocenters. The van der Waals surface area contributed by atoms with Crippen molar-refractivity contribution in [1.29, 1.82) is 0 Å². The Morgan fingerprint density at radius 3 is 2.26 bits per heavy atom. The Morgan fingerprint density at radius 1 is 1.03 bits per heavy atom. The second-order valence-corrected chi connectivity index (χ2v) is 10.3. The normalized spacial score (nSPS) is 22.1. The minimum Gasteiger partial charge on any atom is -0.481 e. The van der Waals surface area contributed by atoms with Crippen LogP contribution in [0.5, 0.6) is 0 Å². The molecule has 1 saturated heterocycles. The number of benzene rings is 2. The van der Waals surface area contributed by atoms with Gasteiger partial charge in [-0.25, -0.2) is 4.79 Å². The summed E-state index contributed by atoms with van der Waals surface area (Å²) >= 11 is 0. The van der Waals surface area contributed by atoms with Gasteiger partial charge in [-0.05, 0) is 46.9 Å². The third kappa shape index (κ3) is 5.04. The van der Waals surface area contributed by atoms with Gasteiger partial charge in [0.2, 0.25) is 5.91 Å². The zero-order valence-corrected chi connectivity index (χ0v) is 20.0. The van der Waals surface area contributed by atoms with Crippen molar-refractivity contribution in [2.45, 2.75) is 44.6 Å². The molecule has 2 N–H and O–H groups in total. The number of carbonyl (C=O) groups is 3. The summed E-state index contributed by atoms with van der Waals surface area (Å²) in [5.41, 5.74) is 4.58. The van der Waals surface area contributed by atoms with Gasteiger partial charge in [0.15, 0.2) is 0 Å². The van der Waals surface area contributed by atoms with Crippen LogP contribution in [-0.4, -0.2) is 53.7 Å². The fourth-order valence-electron chi connectivity index (χ4n) is 5.62. The molecule has 7 nitrogen and oxygen atoms in total. The number of nitrogens with zero attached hydrogens (tertiary/aromatic N) is 1. The van der Waals surface area contributed by atoms with Crippen LogP contribution in [0, 0.1) is 17.8 Å². The minimum atomic E-state index is -0.877. The van der Waals surface area contributed by atoms with Gasteiger partial charge in [-0.1, -0.05) is 68.3 Å². The summed E-state index contributed by atoms with van der Waals surface area (Å²) in [5.74, 6) is -1.19. The quantitative estimate of drug-likeness (QED) is 0.622. The Kier molecular flexibility index (Phi) is 6.50. The lowest BCUT2D eigenvalue weighted by Crippen LogP contribution is -2.53. The lowest BCUT2D eigenvalue weighted by Gasteiger charge is -2.36. The summed E-state index contributed by atoms with van der Waals surface area (Å²) in [6.45, 7) is 2.85. The fourth-order valence-corrected chi connectivity index (χ4v) is 5.62. The highest BCUT2D eigenvalue weighted by molar-refractivity contribution is 5.86. The molecule has 0 spiro atoms. The number of aliphatic carboxylic acids is 1. The van der Waals surface area contributed by atoms with Crippen molar-refractivity contribution in [2.24, 2.45) is 17.8 Å². The van der Waals surface area contributed by atoms with Crippen LogP contribution in [0.3, 0.4) is 0 Å². The predicted octanol–water partition coefficient (Wildman–Crippen LogP) is 4.26. The average Bonchev–Trinajstić information content (AvgIpc) is 3.62. The molecule has 2 amide bonds. The molecule has 7 heteroatoms. The van der Waals surface area contributed by atoms with E-state index in [1.807, 2.05) is 31.2 Å². The maximum Gasteiger partial charge on any atom is 0.407 e. The predicted molar refractivity (Wildman–Crippen MR) is 131 cm³/mol. The number of rotatable bonds is 7. The zero-order chi connectivity index (χ0) is 24.5. The van der Waals surface area contributed by atoms with E-state index in [1.165, 1.54) is 0 Å². The van der Waals surface area contributed by atoms with E-state index in [9.17, 15) is 19.5 Å². The number of piperidine rings is 1. The van der Waals surface area contributed by atoms with Gasteiger partial charge in [-0.15, -0.1) is 0 Å². The minimum absolute atomic E-state index is 0.0509. The molecule has 3 aliphatic rings. The van der Waals surface area contributed by atoms with E-state index in [0.29, 0.717) is 25.3 Å². The number of carboxylic acids is 1. The molecular formula is C28H32N2O5. The van der Waals surface area contributed by atoms with Crippen LogP contribution in [0.15, 0.2) is 48.5 Å². The lowest BCUT2D eigenvalue weighted by molar-refractivity contribution is -0.147. The Bertz CT molecular complexity index is 1080. The van der Waals surface area contributed by atoms with E-state index < -0.39 is 24.0 Å². The molecule has 184 valence electrons. The summed E-state index contributed by atoms with van der Waals surface area (Å²) in [7, 11) is 0. The Labute approximate surface area is 205 Å². The van der Waals surface area contributed by atoms with E-state index in [-0.39, 0.29) is 30.9 Å². The number of hydrogen-bond donors (Lipinski definition) is 2. The monoisotopic (exact) mass is 476 g/mol. The largest absolute Gasteiger partial charge is 0.481 e. The summed E-state index contributed by atoms with van der Waals surface area (Å²) < 4.78 is 5.68. The molecular weight excluding hydrogens is 444 g/mol. The number of carbonyl (C=O) groups excluding carboxylic acids is 2. The Balaban J connectivity index is 1.25.